The zero-order valence-corrected chi connectivity index (χ0v) is 14.9. The molecule has 3 aromatic rings. The summed E-state index contributed by atoms with van der Waals surface area (Å²) in [6, 6.07) is 9.27. The van der Waals surface area contributed by atoms with Crippen LogP contribution >= 0.6 is 11.3 Å². The van der Waals surface area contributed by atoms with Gasteiger partial charge in [-0.3, -0.25) is 4.98 Å². The number of rotatable bonds is 6. The van der Waals surface area contributed by atoms with E-state index in [0.29, 0.717) is 28.2 Å². The van der Waals surface area contributed by atoms with Crippen molar-refractivity contribution in [3.05, 3.63) is 36.5 Å². The molecule has 2 aromatic heterocycles. The van der Waals surface area contributed by atoms with Crippen LogP contribution in [0.5, 0.6) is 17.2 Å². The van der Waals surface area contributed by atoms with Crippen molar-refractivity contribution in [1.82, 2.24) is 9.97 Å². The monoisotopic (exact) mass is 358 g/mol. The first-order chi connectivity index (χ1) is 12.2. The number of nitrogens with zero attached hydrogens (tertiary/aromatic N) is 2. The van der Waals surface area contributed by atoms with E-state index in [-0.39, 0.29) is 0 Å². The number of thiazole rings is 1. The quantitative estimate of drug-likeness (QED) is 0.696. The fourth-order valence-electron chi connectivity index (χ4n) is 2.34. The fraction of sp³-hybridized carbons (Fsp3) is 0.176. The molecule has 0 aliphatic rings. The first-order valence-corrected chi connectivity index (χ1v) is 8.22. The molecule has 0 aliphatic carbocycles. The Morgan fingerprint density at radius 2 is 1.76 bits per heavy atom. The van der Waals surface area contributed by atoms with Gasteiger partial charge in [-0.25, -0.2) is 4.98 Å². The van der Waals surface area contributed by atoms with E-state index < -0.39 is 0 Å². The van der Waals surface area contributed by atoms with Crippen molar-refractivity contribution in [2.45, 2.75) is 0 Å². The largest absolute Gasteiger partial charge is 0.493 e. The van der Waals surface area contributed by atoms with E-state index >= 15 is 0 Å². The molecule has 0 fully saturated rings. The Labute approximate surface area is 149 Å². The summed E-state index contributed by atoms with van der Waals surface area (Å²) in [5.41, 5.74) is 7.57. The van der Waals surface area contributed by atoms with Crippen LogP contribution < -0.4 is 25.3 Å². The number of nitrogens with two attached hydrogens (primary N) is 1. The molecule has 2 heterocycles. The number of pyridine rings is 1. The highest BCUT2D eigenvalue weighted by Crippen LogP contribution is 2.42. The normalized spacial score (nSPS) is 10.4. The Kier molecular flexibility index (Phi) is 4.90. The first-order valence-electron chi connectivity index (χ1n) is 7.41. The van der Waals surface area contributed by atoms with Crippen molar-refractivity contribution < 1.29 is 14.2 Å². The maximum absolute atomic E-state index is 6.03. The second-order valence-corrected chi connectivity index (χ2v) is 5.99. The predicted molar refractivity (Wildman–Crippen MR) is 99.1 cm³/mol. The van der Waals surface area contributed by atoms with Gasteiger partial charge < -0.3 is 25.3 Å². The summed E-state index contributed by atoms with van der Waals surface area (Å²) in [6.45, 7) is 0. The van der Waals surface area contributed by atoms with Crippen LogP contribution in [0.4, 0.5) is 16.6 Å². The maximum Gasteiger partial charge on any atom is 0.203 e. The molecule has 0 radical (unpaired) electrons. The van der Waals surface area contributed by atoms with E-state index in [9.17, 15) is 0 Å². The van der Waals surface area contributed by atoms with Gasteiger partial charge in [0.25, 0.3) is 0 Å². The second kappa shape index (κ2) is 7.27. The van der Waals surface area contributed by atoms with Crippen LogP contribution in [0.25, 0.3) is 10.6 Å². The lowest BCUT2D eigenvalue weighted by Gasteiger charge is -2.14. The van der Waals surface area contributed by atoms with Gasteiger partial charge >= 0.3 is 0 Å². The Balaban J connectivity index is 1.93. The fourth-order valence-corrected chi connectivity index (χ4v) is 3.22. The zero-order valence-electron chi connectivity index (χ0n) is 14.1. The van der Waals surface area contributed by atoms with Gasteiger partial charge in [-0.05, 0) is 12.1 Å². The molecular formula is C17H18N4O3S. The molecule has 0 spiro atoms. The molecule has 0 amide bonds. The van der Waals surface area contributed by atoms with E-state index in [1.54, 1.807) is 39.7 Å². The Morgan fingerprint density at radius 3 is 2.32 bits per heavy atom. The molecule has 1 aromatic carbocycles. The minimum Gasteiger partial charge on any atom is -0.493 e. The molecule has 0 aliphatic heterocycles. The third-order valence-corrected chi connectivity index (χ3v) is 4.48. The van der Waals surface area contributed by atoms with Crippen LogP contribution in [0.1, 0.15) is 0 Å². The van der Waals surface area contributed by atoms with Gasteiger partial charge in [0.1, 0.15) is 5.82 Å². The van der Waals surface area contributed by atoms with Gasteiger partial charge in [-0.2, -0.15) is 0 Å². The molecule has 0 bridgehead atoms. The van der Waals surface area contributed by atoms with Gasteiger partial charge in [0.05, 0.1) is 31.9 Å². The molecule has 25 heavy (non-hydrogen) atoms. The number of aromatic nitrogens is 2. The number of benzene rings is 1. The Morgan fingerprint density at radius 1 is 1.04 bits per heavy atom. The first kappa shape index (κ1) is 16.8. The summed E-state index contributed by atoms with van der Waals surface area (Å²) < 4.78 is 16.0. The highest BCUT2D eigenvalue weighted by Gasteiger charge is 2.16. The number of hydrogen-bond acceptors (Lipinski definition) is 8. The summed E-state index contributed by atoms with van der Waals surface area (Å²) in [5, 5.41) is 3.87. The van der Waals surface area contributed by atoms with Crippen LogP contribution in [-0.2, 0) is 0 Å². The number of ether oxygens (including phenoxy) is 3. The number of nitrogen functional groups attached to an aromatic ring is 1. The van der Waals surface area contributed by atoms with Crippen molar-refractivity contribution in [2.24, 2.45) is 0 Å². The SMILES string of the molecule is COc1cc(Nc2nc(N)c(-c3ccccn3)s2)cc(OC)c1OC. The summed E-state index contributed by atoms with van der Waals surface area (Å²) in [4.78, 5) is 9.50. The Hall–Kier alpha value is -3.00. The average molecular weight is 358 g/mol. The third-order valence-electron chi connectivity index (χ3n) is 3.47. The highest BCUT2D eigenvalue weighted by molar-refractivity contribution is 7.19. The smallest absolute Gasteiger partial charge is 0.203 e. The van der Waals surface area contributed by atoms with E-state index in [2.05, 4.69) is 15.3 Å². The lowest BCUT2D eigenvalue weighted by molar-refractivity contribution is 0.324. The highest BCUT2D eigenvalue weighted by atomic mass is 32.1. The van der Waals surface area contributed by atoms with Gasteiger partial charge in [-0.15, -0.1) is 0 Å². The topological polar surface area (TPSA) is 91.5 Å². The molecule has 0 atom stereocenters. The molecule has 0 saturated carbocycles. The van der Waals surface area contributed by atoms with Crippen LogP contribution in [0.2, 0.25) is 0 Å². The van der Waals surface area contributed by atoms with Gasteiger partial charge in [0, 0.05) is 24.0 Å². The van der Waals surface area contributed by atoms with Crippen molar-refractivity contribution in [2.75, 3.05) is 32.4 Å². The molecule has 3 rings (SSSR count). The summed E-state index contributed by atoms with van der Waals surface area (Å²) >= 11 is 1.42. The minimum atomic E-state index is 0.429. The third kappa shape index (κ3) is 3.43. The Bertz CT molecular complexity index is 843. The zero-order chi connectivity index (χ0) is 17.8. The number of anilines is 3. The van der Waals surface area contributed by atoms with Crippen LogP contribution in [0, 0.1) is 0 Å². The molecule has 3 N–H and O–H groups in total. The lowest BCUT2D eigenvalue weighted by Crippen LogP contribution is -1.97. The number of nitrogens with one attached hydrogen (secondary N) is 1. The van der Waals surface area contributed by atoms with E-state index in [0.717, 1.165) is 16.3 Å². The maximum atomic E-state index is 6.03. The second-order valence-electron chi connectivity index (χ2n) is 4.99. The summed E-state index contributed by atoms with van der Waals surface area (Å²) in [7, 11) is 4.71. The molecule has 0 saturated heterocycles. The molecule has 7 nitrogen and oxygen atoms in total. The number of methoxy groups -OCH3 is 3. The average Bonchev–Trinajstić information content (AvgIpc) is 3.01. The molecular weight excluding hydrogens is 340 g/mol. The van der Waals surface area contributed by atoms with Gasteiger partial charge in [-0.1, -0.05) is 17.4 Å². The van der Waals surface area contributed by atoms with Crippen molar-refractivity contribution in [1.29, 1.82) is 0 Å². The lowest BCUT2D eigenvalue weighted by atomic mass is 10.2. The molecule has 8 heteroatoms. The van der Waals surface area contributed by atoms with Gasteiger partial charge in [0.15, 0.2) is 16.6 Å². The summed E-state index contributed by atoms with van der Waals surface area (Å²) in [6.07, 6.45) is 1.72. The van der Waals surface area contributed by atoms with E-state index in [1.807, 2.05) is 18.2 Å². The van der Waals surface area contributed by atoms with Gasteiger partial charge in [0.2, 0.25) is 5.75 Å². The van der Waals surface area contributed by atoms with Crippen molar-refractivity contribution in [3.8, 4) is 27.8 Å². The standard InChI is InChI=1S/C17H18N4O3S/c1-22-12-8-10(9-13(23-2)14(12)24-3)20-17-21-16(18)15(25-17)11-6-4-5-7-19-11/h4-9H,18H2,1-3H3,(H,20,21). The van der Waals surface area contributed by atoms with Crippen molar-refractivity contribution >= 4 is 28.0 Å². The predicted octanol–water partition coefficient (Wildman–Crippen LogP) is 3.56. The molecule has 0 unspecified atom stereocenters. The van der Waals surface area contributed by atoms with Crippen LogP contribution in [0.3, 0.4) is 0 Å². The van der Waals surface area contributed by atoms with Crippen LogP contribution in [0.15, 0.2) is 36.5 Å². The van der Waals surface area contributed by atoms with Crippen LogP contribution in [-0.4, -0.2) is 31.3 Å². The minimum absolute atomic E-state index is 0.429. The summed E-state index contributed by atoms with van der Waals surface area (Å²) in [5.74, 6) is 2.07. The van der Waals surface area contributed by atoms with E-state index in [4.69, 9.17) is 19.9 Å². The van der Waals surface area contributed by atoms with Crippen molar-refractivity contribution in [3.63, 3.8) is 0 Å². The number of hydrogen-bond donors (Lipinski definition) is 2. The van der Waals surface area contributed by atoms with E-state index in [1.165, 1.54) is 11.3 Å². The molecule has 130 valence electrons.